The van der Waals surface area contributed by atoms with Crippen molar-refractivity contribution in [2.45, 2.75) is 32.2 Å². The van der Waals surface area contributed by atoms with E-state index in [-0.39, 0.29) is 11.9 Å². The van der Waals surface area contributed by atoms with E-state index < -0.39 is 10.2 Å². The SMILES string of the molecule is CCOc1ccc(CC(=O)NC2CCN(S(=O)(=O)N(C)C)CC2)cc1. The Morgan fingerprint density at radius 2 is 1.84 bits per heavy atom. The van der Waals surface area contributed by atoms with Gasteiger partial charge in [0.15, 0.2) is 0 Å². The van der Waals surface area contributed by atoms with Gasteiger partial charge in [-0.15, -0.1) is 0 Å². The van der Waals surface area contributed by atoms with Gasteiger partial charge in [0.25, 0.3) is 10.2 Å². The summed E-state index contributed by atoms with van der Waals surface area (Å²) >= 11 is 0. The predicted molar refractivity (Wildman–Crippen MR) is 96.7 cm³/mol. The summed E-state index contributed by atoms with van der Waals surface area (Å²) in [6.07, 6.45) is 1.56. The molecular weight excluding hydrogens is 342 g/mol. The largest absolute Gasteiger partial charge is 0.494 e. The third kappa shape index (κ3) is 5.42. The van der Waals surface area contributed by atoms with Crippen molar-refractivity contribution in [3.63, 3.8) is 0 Å². The molecule has 0 unspecified atom stereocenters. The lowest BCUT2D eigenvalue weighted by atomic mass is 10.1. The fraction of sp³-hybridized carbons (Fsp3) is 0.588. The molecule has 1 aliphatic heterocycles. The van der Waals surface area contributed by atoms with E-state index in [1.807, 2.05) is 31.2 Å². The van der Waals surface area contributed by atoms with Gasteiger partial charge in [0.2, 0.25) is 5.91 Å². The van der Waals surface area contributed by atoms with Crippen molar-refractivity contribution in [3.8, 4) is 5.75 Å². The van der Waals surface area contributed by atoms with Crippen molar-refractivity contribution in [1.29, 1.82) is 0 Å². The Morgan fingerprint density at radius 1 is 1.24 bits per heavy atom. The number of carbonyl (C=O) groups excluding carboxylic acids is 1. The summed E-state index contributed by atoms with van der Waals surface area (Å²) < 4.78 is 32.2. The number of benzene rings is 1. The molecule has 0 radical (unpaired) electrons. The third-order valence-electron chi connectivity index (χ3n) is 4.21. The van der Waals surface area contributed by atoms with Gasteiger partial charge in [0.1, 0.15) is 5.75 Å². The lowest BCUT2D eigenvalue weighted by molar-refractivity contribution is -0.121. The first-order valence-electron chi connectivity index (χ1n) is 8.51. The Kier molecular flexibility index (Phi) is 6.80. The monoisotopic (exact) mass is 369 g/mol. The minimum Gasteiger partial charge on any atom is -0.494 e. The van der Waals surface area contributed by atoms with Crippen LogP contribution >= 0.6 is 0 Å². The van der Waals surface area contributed by atoms with Gasteiger partial charge < -0.3 is 10.1 Å². The average molecular weight is 369 g/mol. The van der Waals surface area contributed by atoms with Crippen LogP contribution < -0.4 is 10.1 Å². The summed E-state index contributed by atoms with van der Waals surface area (Å²) in [6, 6.07) is 7.50. The maximum atomic E-state index is 12.2. The number of hydrogen-bond acceptors (Lipinski definition) is 4. The fourth-order valence-electron chi connectivity index (χ4n) is 2.80. The topological polar surface area (TPSA) is 79.0 Å². The van der Waals surface area contributed by atoms with Gasteiger partial charge in [-0.3, -0.25) is 4.79 Å². The summed E-state index contributed by atoms with van der Waals surface area (Å²) in [5.41, 5.74) is 0.925. The Labute approximate surface area is 150 Å². The predicted octanol–water partition coefficient (Wildman–Crippen LogP) is 1.01. The number of hydrogen-bond donors (Lipinski definition) is 1. The number of amides is 1. The first-order chi connectivity index (χ1) is 11.8. The molecule has 1 aromatic rings. The van der Waals surface area contributed by atoms with Crippen molar-refractivity contribution in [3.05, 3.63) is 29.8 Å². The van der Waals surface area contributed by atoms with E-state index in [4.69, 9.17) is 4.74 Å². The molecule has 1 amide bonds. The van der Waals surface area contributed by atoms with Gasteiger partial charge in [-0.25, -0.2) is 0 Å². The summed E-state index contributed by atoms with van der Waals surface area (Å²) in [5.74, 6) is 0.749. The van der Waals surface area contributed by atoms with Crippen LogP contribution in [0.5, 0.6) is 5.75 Å². The minimum absolute atomic E-state index is 0.0174. The van der Waals surface area contributed by atoms with Crippen molar-refractivity contribution in [1.82, 2.24) is 13.9 Å². The normalized spacial score (nSPS) is 16.8. The molecule has 0 atom stereocenters. The molecule has 140 valence electrons. The molecule has 0 bridgehead atoms. The Balaban J connectivity index is 1.80. The van der Waals surface area contributed by atoms with Gasteiger partial charge in [-0.05, 0) is 37.5 Å². The molecule has 1 saturated heterocycles. The maximum Gasteiger partial charge on any atom is 0.281 e. The minimum atomic E-state index is -3.37. The second kappa shape index (κ2) is 8.64. The number of nitrogens with one attached hydrogen (secondary N) is 1. The van der Waals surface area contributed by atoms with E-state index in [0.29, 0.717) is 39.0 Å². The highest BCUT2D eigenvalue weighted by Crippen LogP contribution is 2.16. The van der Waals surface area contributed by atoms with Crippen LogP contribution in [0.25, 0.3) is 0 Å². The quantitative estimate of drug-likeness (QED) is 0.778. The molecule has 0 saturated carbocycles. The number of ether oxygens (including phenoxy) is 1. The van der Waals surface area contributed by atoms with Crippen LogP contribution in [0.4, 0.5) is 0 Å². The second-order valence-corrected chi connectivity index (χ2v) is 8.43. The lowest BCUT2D eigenvalue weighted by Gasteiger charge is -2.33. The summed E-state index contributed by atoms with van der Waals surface area (Å²) in [5, 5.41) is 3.00. The van der Waals surface area contributed by atoms with Gasteiger partial charge in [-0.2, -0.15) is 17.0 Å². The van der Waals surface area contributed by atoms with E-state index in [1.54, 1.807) is 0 Å². The zero-order valence-electron chi connectivity index (χ0n) is 15.1. The molecule has 0 aromatic heterocycles. The van der Waals surface area contributed by atoms with Crippen LogP contribution in [-0.4, -0.2) is 62.8 Å². The molecule has 25 heavy (non-hydrogen) atoms. The number of piperidine rings is 1. The van der Waals surface area contributed by atoms with Gasteiger partial charge in [0.05, 0.1) is 13.0 Å². The van der Waals surface area contributed by atoms with Gasteiger partial charge in [-0.1, -0.05) is 12.1 Å². The molecule has 1 aromatic carbocycles. The van der Waals surface area contributed by atoms with E-state index in [0.717, 1.165) is 11.3 Å². The fourth-order valence-corrected chi connectivity index (χ4v) is 3.93. The van der Waals surface area contributed by atoms with Crippen molar-refractivity contribution >= 4 is 16.1 Å². The summed E-state index contributed by atoms with van der Waals surface area (Å²) in [6.45, 7) is 3.39. The van der Waals surface area contributed by atoms with Crippen molar-refractivity contribution in [2.75, 3.05) is 33.8 Å². The molecule has 8 heteroatoms. The molecule has 2 rings (SSSR count). The lowest BCUT2D eigenvalue weighted by Crippen LogP contribution is -2.49. The first kappa shape index (κ1) is 19.7. The number of carbonyl (C=O) groups is 1. The van der Waals surface area contributed by atoms with Crippen LogP contribution in [0, 0.1) is 0 Å². The van der Waals surface area contributed by atoms with Crippen LogP contribution in [0.1, 0.15) is 25.3 Å². The molecular formula is C17H27N3O4S. The number of rotatable bonds is 7. The van der Waals surface area contributed by atoms with Gasteiger partial charge in [0, 0.05) is 33.2 Å². The number of nitrogens with zero attached hydrogens (tertiary/aromatic N) is 2. The van der Waals surface area contributed by atoms with E-state index >= 15 is 0 Å². The van der Waals surface area contributed by atoms with E-state index in [1.165, 1.54) is 22.7 Å². The standard InChI is InChI=1S/C17H27N3O4S/c1-4-24-16-7-5-14(6-8-16)13-17(21)18-15-9-11-20(12-10-15)25(22,23)19(2)3/h5-8,15H,4,9-13H2,1-3H3,(H,18,21). The zero-order chi connectivity index (χ0) is 18.4. The van der Waals surface area contributed by atoms with E-state index in [9.17, 15) is 13.2 Å². The van der Waals surface area contributed by atoms with Crippen molar-refractivity contribution < 1.29 is 17.9 Å². The summed E-state index contributed by atoms with van der Waals surface area (Å²) in [7, 11) is -0.312. The highest BCUT2D eigenvalue weighted by atomic mass is 32.2. The zero-order valence-corrected chi connectivity index (χ0v) is 15.9. The smallest absolute Gasteiger partial charge is 0.281 e. The summed E-state index contributed by atoms with van der Waals surface area (Å²) in [4.78, 5) is 12.2. The molecule has 1 aliphatic rings. The Hall–Kier alpha value is -1.64. The maximum absolute atomic E-state index is 12.2. The molecule has 1 N–H and O–H groups in total. The van der Waals surface area contributed by atoms with Crippen LogP contribution in [0.15, 0.2) is 24.3 Å². The van der Waals surface area contributed by atoms with Gasteiger partial charge >= 0.3 is 0 Å². The van der Waals surface area contributed by atoms with Crippen LogP contribution in [0.2, 0.25) is 0 Å². The molecule has 0 aliphatic carbocycles. The van der Waals surface area contributed by atoms with E-state index in [2.05, 4.69) is 5.32 Å². The van der Waals surface area contributed by atoms with Crippen LogP contribution in [-0.2, 0) is 21.4 Å². The second-order valence-electron chi connectivity index (χ2n) is 6.28. The first-order valence-corrected chi connectivity index (χ1v) is 9.91. The van der Waals surface area contributed by atoms with Crippen molar-refractivity contribution in [2.24, 2.45) is 0 Å². The Bertz CT molecular complexity index is 666. The van der Waals surface area contributed by atoms with Crippen LogP contribution in [0.3, 0.4) is 0 Å². The molecule has 1 fully saturated rings. The average Bonchev–Trinajstić information content (AvgIpc) is 2.57. The highest BCUT2D eigenvalue weighted by Gasteiger charge is 2.29. The third-order valence-corrected chi connectivity index (χ3v) is 6.15. The molecule has 7 nitrogen and oxygen atoms in total. The highest BCUT2D eigenvalue weighted by molar-refractivity contribution is 7.86. The Morgan fingerprint density at radius 3 is 2.36 bits per heavy atom. The molecule has 0 spiro atoms. The molecule has 1 heterocycles.